The first kappa shape index (κ1) is 16.3. The third-order valence-electron chi connectivity index (χ3n) is 3.49. The number of ether oxygens (including phenoxy) is 4. The summed E-state index contributed by atoms with van der Waals surface area (Å²) >= 11 is 1.23. The van der Waals surface area contributed by atoms with E-state index in [0.717, 1.165) is 13.0 Å². The Kier molecular flexibility index (Phi) is 5.26. The van der Waals surface area contributed by atoms with Gasteiger partial charge in [-0.1, -0.05) is 11.8 Å². The smallest absolute Gasteiger partial charge is 0.356 e. The molecule has 0 saturated carbocycles. The van der Waals surface area contributed by atoms with Crippen LogP contribution in [-0.4, -0.2) is 61.3 Å². The molecular weight excluding hydrogens is 298 g/mol. The quantitative estimate of drug-likeness (QED) is 0.386. The van der Waals surface area contributed by atoms with Crippen molar-refractivity contribution in [1.82, 2.24) is 4.90 Å². The summed E-state index contributed by atoms with van der Waals surface area (Å²) in [6, 6.07) is 0. The van der Waals surface area contributed by atoms with E-state index in [0.29, 0.717) is 5.70 Å². The molecule has 2 aliphatic rings. The summed E-state index contributed by atoms with van der Waals surface area (Å²) in [5.74, 6) is -1.43. The van der Waals surface area contributed by atoms with Crippen molar-refractivity contribution in [2.75, 3.05) is 34.2 Å². The van der Waals surface area contributed by atoms with Crippen molar-refractivity contribution >= 4 is 22.8 Å². The molecule has 0 N–H and O–H groups in total. The highest BCUT2D eigenvalue weighted by atomic mass is 32.2. The van der Waals surface area contributed by atoms with E-state index in [9.17, 15) is 9.59 Å². The van der Waals surface area contributed by atoms with E-state index in [1.165, 1.54) is 32.1 Å². The maximum absolute atomic E-state index is 12.0. The van der Waals surface area contributed by atoms with Crippen LogP contribution in [0.15, 0.2) is 11.8 Å². The van der Waals surface area contributed by atoms with E-state index in [1.54, 1.807) is 6.92 Å². The number of carbonyl (C=O) groups is 2. The zero-order valence-electron chi connectivity index (χ0n) is 12.3. The summed E-state index contributed by atoms with van der Waals surface area (Å²) in [4.78, 5) is 25.3. The summed E-state index contributed by atoms with van der Waals surface area (Å²) < 4.78 is 20.5. The van der Waals surface area contributed by atoms with Crippen molar-refractivity contribution in [2.24, 2.45) is 0 Å². The minimum Gasteiger partial charge on any atom is -0.434 e. The van der Waals surface area contributed by atoms with Gasteiger partial charge in [-0.05, 0) is 13.3 Å². The second-order valence-electron chi connectivity index (χ2n) is 4.84. The van der Waals surface area contributed by atoms with Gasteiger partial charge in [-0.25, -0.2) is 4.79 Å². The second kappa shape index (κ2) is 6.78. The summed E-state index contributed by atoms with van der Waals surface area (Å²) in [6.07, 6.45) is 2.22. The average molecular weight is 317 g/mol. The zero-order chi connectivity index (χ0) is 15.5. The van der Waals surface area contributed by atoms with Gasteiger partial charge in [-0.3, -0.25) is 4.79 Å². The predicted octanol–water partition coefficient (Wildman–Crippen LogP) is 0.702. The number of methoxy groups -OCH3 is 2. The molecule has 1 fully saturated rings. The highest BCUT2D eigenvalue weighted by Gasteiger charge is 2.39. The van der Waals surface area contributed by atoms with E-state index >= 15 is 0 Å². The summed E-state index contributed by atoms with van der Waals surface area (Å²) in [5.41, 5.74) is 0.305. The molecule has 8 heteroatoms. The van der Waals surface area contributed by atoms with Gasteiger partial charge >= 0.3 is 5.97 Å². The minimum absolute atomic E-state index is 0.0660. The maximum Gasteiger partial charge on any atom is 0.356 e. The fourth-order valence-electron chi connectivity index (χ4n) is 1.90. The van der Waals surface area contributed by atoms with E-state index in [-0.39, 0.29) is 23.9 Å². The first-order chi connectivity index (χ1) is 9.99. The Balaban J connectivity index is 1.78. The van der Waals surface area contributed by atoms with Gasteiger partial charge in [0.2, 0.25) is 5.12 Å². The number of carbonyl (C=O) groups excluding carboxylic acids is 2. The predicted molar refractivity (Wildman–Crippen MR) is 75.1 cm³/mol. The van der Waals surface area contributed by atoms with Gasteiger partial charge in [-0.15, -0.1) is 0 Å². The van der Waals surface area contributed by atoms with Gasteiger partial charge in [0, 0.05) is 26.8 Å². The maximum atomic E-state index is 12.0. The highest BCUT2D eigenvalue weighted by Crippen LogP contribution is 2.36. The van der Waals surface area contributed by atoms with Crippen molar-refractivity contribution in [2.45, 2.75) is 24.5 Å². The molecule has 0 aromatic carbocycles. The molecule has 0 aromatic rings. The Labute approximate surface area is 127 Å². The van der Waals surface area contributed by atoms with Crippen LogP contribution in [0.5, 0.6) is 0 Å². The lowest BCUT2D eigenvalue weighted by Crippen LogP contribution is -2.49. The third-order valence-corrected chi connectivity index (χ3v) is 4.60. The van der Waals surface area contributed by atoms with Crippen LogP contribution in [0.3, 0.4) is 0 Å². The molecule has 0 radical (unpaired) electrons. The van der Waals surface area contributed by atoms with Crippen LogP contribution >= 0.6 is 11.8 Å². The summed E-state index contributed by atoms with van der Waals surface area (Å²) in [7, 11) is 3.00. The standard InChI is InChI=1S/C13H19NO6S/c1-13(17-2,18-3)7-19-8-20-12(16)9-6-11(15)21-10-4-5-14(9)10/h6,10H,4-5,7-8H2,1-3H3. The molecule has 0 amide bonds. The molecule has 118 valence electrons. The Morgan fingerprint density at radius 1 is 1.48 bits per heavy atom. The lowest BCUT2D eigenvalue weighted by molar-refractivity contribution is -0.234. The van der Waals surface area contributed by atoms with Gasteiger partial charge < -0.3 is 23.8 Å². The van der Waals surface area contributed by atoms with Crippen LogP contribution in [0, 0.1) is 0 Å². The normalized spacial score (nSPS) is 21.5. The third kappa shape index (κ3) is 3.76. The van der Waals surface area contributed by atoms with Crippen LogP contribution in [0.25, 0.3) is 0 Å². The Morgan fingerprint density at radius 2 is 2.19 bits per heavy atom. The van der Waals surface area contributed by atoms with Crippen molar-refractivity contribution in [3.05, 3.63) is 11.8 Å². The second-order valence-corrected chi connectivity index (χ2v) is 6.03. The van der Waals surface area contributed by atoms with Crippen LogP contribution in [-0.2, 0) is 28.5 Å². The fraction of sp³-hybridized carbons (Fsp3) is 0.692. The number of esters is 1. The summed E-state index contributed by atoms with van der Waals surface area (Å²) in [5, 5.41) is -0.0496. The van der Waals surface area contributed by atoms with Crippen molar-refractivity contribution in [3.8, 4) is 0 Å². The molecule has 2 rings (SSSR count). The molecule has 1 atom stereocenters. The van der Waals surface area contributed by atoms with E-state index in [1.807, 2.05) is 4.90 Å². The molecule has 21 heavy (non-hydrogen) atoms. The molecule has 7 nitrogen and oxygen atoms in total. The lowest BCUT2D eigenvalue weighted by Gasteiger charge is -2.44. The summed E-state index contributed by atoms with van der Waals surface area (Å²) in [6.45, 7) is 2.36. The minimum atomic E-state index is -0.883. The molecule has 2 heterocycles. The fourth-order valence-corrected chi connectivity index (χ4v) is 2.92. The van der Waals surface area contributed by atoms with Gasteiger partial charge in [-0.2, -0.15) is 0 Å². The molecule has 0 aromatic heterocycles. The number of thioether (sulfide) groups is 1. The molecule has 1 unspecified atom stereocenters. The van der Waals surface area contributed by atoms with Crippen LogP contribution in [0.1, 0.15) is 13.3 Å². The molecular formula is C13H19NO6S. The van der Waals surface area contributed by atoms with Gasteiger partial charge in [0.15, 0.2) is 12.6 Å². The largest absolute Gasteiger partial charge is 0.434 e. The molecule has 1 saturated heterocycles. The molecule has 0 spiro atoms. The van der Waals surface area contributed by atoms with Gasteiger partial charge in [0.05, 0.1) is 5.37 Å². The SMILES string of the molecule is COC(C)(COCOC(=O)C1=CC(=O)SC2CCN12)OC. The number of rotatable bonds is 7. The van der Waals surface area contributed by atoms with E-state index in [2.05, 4.69) is 0 Å². The van der Waals surface area contributed by atoms with Crippen LogP contribution in [0.2, 0.25) is 0 Å². The Morgan fingerprint density at radius 3 is 2.76 bits per heavy atom. The van der Waals surface area contributed by atoms with Crippen molar-refractivity contribution in [3.63, 3.8) is 0 Å². The van der Waals surface area contributed by atoms with E-state index in [4.69, 9.17) is 18.9 Å². The topological polar surface area (TPSA) is 74.3 Å². The highest BCUT2D eigenvalue weighted by molar-refractivity contribution is 8.14. The van der Waals surface area contributed by atoms with E-state index < -0.39 is 11.8 Å². The molecule has 0 aliphatic carbocycles. The monoisotopic (exact) mass is 317 g/mol. The Bertz CT molecular complexity index is 448. The lowest BCUT2D eigenvalue weighted by atomic mass is 10.2. The van der Waals surface area contributed by atoms with Crippen LogP contribution in [0.4, 0.5) is 0 Å². The number of nitrogens with zero attached hydrogens (tertiary/aromatic N) is 1. The zero-order valence-corrected chi connectivity index (χ0v) is 13.1. The Hall–Kier alpha value is -1.09. The van der Waals surface area contributed by atoms with Crippen molar-refractivity contribution in [1.29, 1.82) is 0 Å². The first-order valence-corrected chi connectivity index (χ1v) is 7.41. The van der Waals surface area contributed by atoms with Gasteiger partial charge in [0.25, 0.3) is 0 Å². The first-order valence-electron chi connectivity index (χ1n) is 6.53. The van der Waals surface area contributed by atoms with Crippen LogP contribution < -0.4 is 0 Å². The average Bonchev–Trinajstić information content (AvgIpc) is 2.46. The number of hydrogen-bond donors (Lipinski definition) is 0. The van der Waals surface area contributed by atoms with Crippen molar-refractivity contribution < 1.29 is 28.5 Å². The number of fused-ring (bicyclic) bond motifs is 1. The number of hydrogen-bond acceptors (Lipinski definition) is 8. The van der Waals surface area contributed by atoms with Gasteiger partial charge in [0.1, 0.15) is 12.3 Å². The molecule has 0 bridgehead atoms. The molecule has 2 aliphatic heterocycles.